The Morgan fingerprint density at radius 1 is 1.35 bits per heavy atom. The van der Waals surface area contributed by atoms with Gasteiger partial charge in [-0.1, -0.05) is 48.8 Å². The molecule has 4 nitrogen and oxygen atoms in total. The summed E-state index contributed by atoms with van der Waals surface area (Å²) in [5, 5.41) is 11.6. The standard InChI is InChI=1S/C15H18BrNO3/c1-15(2,3)13(14(19)20)17-12(18)8-7-10-5-4-6-11(16)9-10/h4-9,13H,1-3H3,(H,17,18)(H,19,20)/b8-7+/t13-/m0/s1. The molecule has 0 heterocycles. The highest BCUT2D eigenvalue weighted by Gasteiger charge is 2.31. The van der Waals surface area contributed by atoms with E-state index < -0.39 is 23.3 Å². The molecule has 1 rings (SSSR count). The Hall–Kier alpha value is -1.62. The quantitative estimate of drug-likeness (QED) is 0.828. The lowest BCUT2D eigenvalue weighted by atomic mass is 9.87. The monoisotopic (exact) mass is 339 g/mol. The molecule has 1 amide bonds. The number of amides is 1. The van der Waals surface area contributed by atoms with Gasteiger partial charge in [-0.25, -0.2) is 4.79 Å². The van der Waals surface area contributed by atoms with Crippen molar-refractivity contribution >= 4 is 33.9 Å². The highest BCUT2D eigenvalue weighted by atomic mass is 79.9. The highest BCUT2D eigenvalue weighted by Crippen LogP contribution is 2.19. The maximum absolute atomic E-state index is 11.8. The van der Waals surface area contributed by atoms with Crippen molar-refractivity contribution in [2.45, 2.75) is 26.8 Å². The molecule has 5 heteroatoms. The Bertz CT molecular complexity index is 532. The molecule has 20 heavy (non-hydrogen) atoms. The number of nitrogens with one attached hydrogen (secondary N) is 1. The van der Waals surface area contributed by atoms with Crippen LogP contribution in [-0.2, 0) is 9.59 Å². The summed E-state index contributed by atoms with van der Waals surface area (Å²) >= 11 is 3.34. The van der Waals surface area contributed by atoms with Gasteiger partial charge >= 0.3 is 5.97 Å². The van der Waals surface area contributed by atoms with Crippen molar-refractivity contribution in [2.75, 3.05) is 0 Å². The third-order valence-corrected chi connectivity index (χ3v) is 3.17. The van der Waals surface area contributed by atoms with E-state index in [-0.39, 0.29) is 0 Å². The molecule has 1 aromatic rings. The maximum Gasteiger partial charge on any atom is 0.326 e. The zero-order chi connectivity index (χ0) is 15.3. The molecule has 0 aliphatic carbocycles. The molecule has 0 bridgehead atoms. The lowest BCUT2D eigenvalue weighted by Gasteiger charge is -2.27. The maximum atomic E-state index is 11.8. The van der Waals surface area contributed by atoms with Crippen molar-refractivity contribution in [3.05, 3.63) is 40.4 Å². The fourth-order valence-corrected chi connectivity index (χ4v) is 2.04. The summed E-state index contributed by atoms with van der Waals surface area (Å²) in [5.74, 6) is -1.46. The first-order chi connectivity index (χ1) is 9.20. The van der Waals surface area contributed by atoms with Gasteiger partial charge in [0.1, 0.15) is 6.04 Å². The van der Waals surface area contributed by atoms with Gasteiger partial charge in [0.2, 0.25) is 5.91 Å². The zero-order valence-corrected chi connectivity index (χ0v) is 13.3. The summed E-state index contributed by atoms with van der Waals surface area (Å²) in [6.07, 6.45) is 2.98. The number of hydrogen-bond donors (Lipinski definition) is 2. The fourth-order valence-electron chi connectivity index (χ4n) is 1.62. The van der Waals surface area contributed by atoms with Crippen molar-refractivity contribution in [3.8, 4) is 0 Å². The molecular formula is C15H18BrNO3. The molecule has 2 N–H and O–H groups in total. The second kappa shape index (κ2) is 6.70. The number of carboxylic acids is 1. The van der Waals surface area contributed by atoms with Gasteiger partial charge in [0, 0.05) is 10.5 Å². The molecule has 0 unspecified atom stereocenters. The Morgan fingerprint density at radius 3 is 2.50 bits per heavy atom. The first kappa shape index (κ1) is 16.4. The van der Waals surface area contributed by atoms with Crippen LogP contribution in [0, 0.1) is 5.41 Å². The van der Waals surface area contributed by atoms with Crippen LogP contribution in [0.5, 0.6) is 0 Å². The summed E-state index contributed by atoms with van der Waals surface area (Å²) in [6, 6.07) is 6.53. The first-order valence-corrected chi connectivity index (χ1v) is 6.96. The van der Waals surface area contributed by atoms with Crippen LogP contribution in [0.4, 0.5) is 0 Å². The summed E-state index contributed by atoms with van der Waals surface area (Å²) in [5.41, 5.74) is 0.308. The highest BCUT2D eigenvalue weighted by molar-refractivity contribution is 9.10. The van der Waals surface area contributed by atoms with Crippen LogP contribution in [0.3, 0.4) is 0 Å². The number of benzene rings is 1. The summed E-state index contributed by atoms with van der Waals surface area (Å²) in [6.45, 7) is 5.30. The van der Waals surface area contributed by atoms with Gasteiger partial charge in [-0.3, -0.25) is 4.79 Å². The molecule has 108 valence electrons. The van der Waals surface area contributed by atoms with E-state index in [9.17, 15) is 9.59 Å². The number of carboxylic acid groups (broad SMARTS) is 1. The van der Waals surface area contributed by atoms with E-state index in [4.69, 9.17) is 5.11 Å². The zero-order valence-electron chi connectivity index (χ0n) is 11.7. The minimum Gasteiger partial charge on any atom is -0.480 e. The minimum absolute atomic E-state index is 0.424. The number of rotatable bonds is 4. The van der Waals surface area contributed by atoms with Crippen molar-refractivity contribution in [1.82, 2.24) is 5.32 Å². The molecular weight excluding hydrogens is 322 g/mol. The van der Waals surface area contributed by atoms with E-state index in [0.717, 1.165) is 10.0 Å². The van der Waals surface area contributed by atoms with Gasteiger partial charge in [-0.15, -0.1) is 0 Å². The van der Waals surface area contributed by atoms with Crippen LogP contribution in [0.2, 0.25) is 0 Å². The third-order valence-electron chi connectivity index (χ3n) is 2.68. The number of hydrogen-bond acceptors (Lipinski definition) is 2. The number of aliphatic carboxylic acids is 1. The van der Waals surface area contributed by atoms with Gasteiger partial charge in [-0.05, 0) is 29.2 Å². The molecule has 1 atom stereocenters. The summed E-state index contributed by atoms with van der Waals surface area (Å²) in [4.78, 5) is 22.9. The van der Waals surface area contributed by atoms with Crippen LogP contribution in [0.15, 0.2) is 34.8 Å². The molecule has 0 aliphatic rings. The van der Waals surface area contributed by atoms with Crippen LogP contribution < -0.4 is 5.32 Å². The Balaban J connectivity index is 2.74. The van der Waals surface area contributed by atoms with Crippen molar-refractivity contribution in [3.63, 3.8) is 0 Å². The molecule has 0 fully saturated rings. The molecule has 0 saturated carbocycles. The second-order valence-electron chi connectivity index (χ2n) is 5.53. The Kier molecular flexibility index (Phi) is 5.51. The third kappa shape index (κ3) is 5.17. The van der Waals surface area contributed by atoms with Gasteiger partial charge < -0.3 is 10.4 Å². The predicted octanol–water partition coefficient (Wildman–Crippen LogP) is 3.08. The van der Waals surface area contributed by atoms with Crippen LogP contribution in [-0.4, -0.2) is 23.0 Å². The summed E-state index contributed by atoms with van der Waals surface area (Å²) in [7, 11) is 0. The van der Waals surface area contributed by atoms with Gasteiger partial charge in [-0.2, -0.15) is 0 Å². The van der Waals surface area contributed by atoms with E-state index in [0.29, 0.717) is 0 Å². The largest absolute Gasteiger partial charge is 0.480 e. The average Bonchev–Trinajstić information content (AvgIpc) is 2.31. The van der Waals surface area contributed by atoms with E-state index >= 15 is 0 Å². The lowest BCUT2D eigenvalue weighted by Crippen LogP contribution is -2.48. The normalized spacial score (nSPS) is 13.2. The second-order valence-corrected chi connectivity index (χ2v) is 6.45. The average molecular weight is 340 g/mol. The topological polar surface area (TPSA) is 66.4 Å². The molecule has 1 aromatic carbocycles. The Morgan fingerprint density at radius 2 is 2.00 bits per heavy atom. The number of carbonyl (C=O) groups excluding carboxylic acids is 1. The van der Waals surface area contributed by atoms with Crippen LogP contribution >= 0.6 is 15.9 Å². The van der Waals surface area contributed by atoms with E-state index in [1.807, 2.05) is 24.3 Å². The molecule has 0 spiro atoms. The van der Waals surface area contributed by atoms with Gasteiger partial charge in [0.15, 0.2) is 0 Å². The summed E-state index contributed by atoms with van der Waals surface area (Å²) < 4.78 is 0.915. The SMILES string of the molecule is CC(C)(C)[C@@H](NC(=O)/C=C/c1cccc(Br)c1)C(=O)O. The number of carbonyl (C=O) groups is 2. The fraction of sp³-hybridized carbons (Fsp3) is 0.333. The smallest absolute Gasteiger partial charge is 0.326 e. The first-order valence-electron chi connectivity index (χ1n) is 6.17. The molecule has 0 radical (unpaired) electrons. The van der Waals surface area contributed by atoms with Gasteiger partial charge in [0.05, 0.1) is 0 Å². The Labute approximate surface area is 127 Å². The molecule has 0 saturated heterocycles. The predicted molar refractivity (Wildman–Crippen MR) is 82.2 cm³/mol. The van der Waals surface area contributed by atoms with E-state index in [1.54, 1.807) is 26.8 Å². The van der Waals surface area contributed by atoms with Crippen LogP contribution in [0.25, 0.3) is 6.08 Å². The van der Waals surface area contributed by atoms with Gasteiger partial charge in [0.25, 0.3) is 0 Å². The van der Waals surface area contributed by atoms with Crippen molar-refractivity contribution in [2.24, 2.45) is 5.41 Å². The van der Waals surface area contributed by atoms with E-state index in [1.165, 1.54) is 6.08 Å². The molecule has 0 aromatic heterocycles. The molecule has 0 aliphatic heterocycles. The van der Waals surface area contributed by atoms with E-state index in [2.05, 4.69) is 21.2 Å². The van der Waals surface area contributed by atoms with Crippen LogP contribution in [0.1, 0.15) is 26.3 Å². The van der Waals surface area contributed by atoms with Crippen molar-refractivity contribution in [1.29, 1.82) is 0 Å². The van der Waals surface area contributed by atoms with Crippen molar-refractivity contribution < 1.29 is 14.7 Å². The number of halogens is 1. The minimum atomic E-state index is -1.04. The lowest BCUT2D eigenvalue weighted by molar-refractivity contribution is -0.144.